The van der Waals surface area contributed by atoms with E-state index < -0.39 is 0 Å². The number of likely N-dealkylation sites (tertiary alicyclic amines) is 1. The van der Waals surface area contributed by atoms with Gasteiger partial charge in [-0.3, -0.25) is 0 Å². The van der Waals surface area contributed by atoms with Gasteiger partial charge in [-0.1, -0.05) is 37.5 Å². The minimum absolute atomic E-state index is 0.202. The SMILES string of the molecule is [18F]CCN1CCC(C2(c3cc4ccccc4s3)CCCCC2)CC1. The molecule has 0 amide bonds. The molecule has 2 heterocycles. The number of nitrogens with zero attached hydrogens (tertiary/aromatic N) is 1. The van der Waals surface area contributed by atoms with Crippen molar-refractivity contribution < 1.29 is 4.39 Å². The molecule has 0 N–H and O–H groups in total. The zero-order valence-corrected chi connectivity index (χ0v) is 15.3. The van der Waals surface area contributed by atoms with Crippen LogP contribution in [0.4, 0.5) is 4.39 Å². The summed E-state index contributed by atoms with van der Waals surface area (Å²) in [5, 5.41) is 1.41. The van der Waals surface area contributed by atoms with Crippen LogP contribution < -0.4 is 0 Å². The monoisotopic (exact) mass is 344 g/mol. The highest BCUT2D eigenvalue weighted by atomic mass is 32.1. The second-order valence-electron chi connectivity index (χ2n) is 7.67. The average molecular weight is 345 g/mol. The molecule has 1 saturated carbocycles. The summed E-state index contributed by atoms with van der Waals surface area (Å²) in [4.78, 5) is 3.95. The summed E-state index contributed by atoms with van der Waals surface area (Å²) in [7, 11) is 0. The summed E-state index contributed by atoms with van der Waals surface area (Å²) >= 11 is 2.03. The lowest BCUT2D eigenvalue weighted by molar-refractivity contribution is 0.0979. The third-order valence-electron chi connectivity index (χ3n) is 6.43. The summed E-state index contributed by atoms with van der Waals surface area (Å²) in [6.45, 7) is 2.59. The van der Waals surface area contributed by atoms with E-state index in [2.05, 4.69) is 35.2 Å². The highest BCUT2D eigenvalue weighted by molar-refractivity contribution is 7.19. The lowest BCUT2D eigenvalue weighted by Crippen LogP contribution is -2.44. The van der Waals surface area contributed by atoms with E-state index >= 15 is 0 Å². The second-order valence-corrected chi connectivity index (χ2v) is 8.75. The van der Waals surface area contributed by atoms with Crippen LogP contribution in [0.2, 0.25) is 0 Å². The lowest BCUT2D eigenvalue weighted by atomic mass is 9.62. The largest absolute Gasteiger partial charge is 0.301 e. The molecule has 0 atom stereocenters. The van der Waals surface area contributed by atoms with Crippen LogP contribution in [-0.2, 0) is 5.41 Å². The minimum Gasteiger partial charge on any atom is -0.301 e. The van der Waals surface area contributed by atoms with Crippen molar-refractivity contribution >= 4 is 21.4 Å². The van der Waals surface area contributed by atoms with E-state index in [1.807, 2.05) is 11.3 Å². The van der Waals surface area contributed by atoms with Gasteiger partial charge >= 0.3 is 0 Å². The van der Waals surface area contributed by atoms with Gasteiger partial charge in [-0.05, 0) is 62.2 Å². The Bertz CT molecular complexity index is 632. The molecule has 2 aliphatic rings. The number of alkyl halides is 1. The molecule has 1 aliphatic heterocycles. The van der Waals surface area contributed by atoms with Crippen molar-refractivity contribution in [3.05, 3.63) is 35.2 Å². The van der Waals surface area contributed by atoms with Crippen LogP contribution in [0.15, 0.2) is 30.3 Å². The topological polar surface area (TPSA) is 3.24 Å². The zero-order chi connectivity index (χ0) is 16.4. The maximum atomic E-state index is 12.6. The molecule has 130 valence electrons. The highest BCUT2D eigenvalue weighted by Crippen LogP contribution is 2.51. The molecule has 1 aromatic heterocycles. The fourth-order valence-electron chi connectivity index (χ4n) is 5.09. The highest BCUT2D eigenvalue weighted by Gasteiger charge is 2.43. The van der Waals surface area contributed by atoms with Gasteiger partial charge in [-0.25, -0.2) is 4.39 Å². The van der Waals surface area contributed by atoms with Crippen molar-refractivity contribution in [2.45, 2.75) is 50.4 Å². The zero-order valence-electron chi connectivity index (χ0n) is 14.5. The molecule has 0 spiro atoms. The van der Waals surface area contributed by atoms with E-state index in [0.29, 0.717) is 12.0 Å². The van der Waals surface area contributed by atoms with Crippen LogP contribution in [0.1, 0.15) is 49.8 Å². The van der Waals surface area contributed by atoms with Crippen LogP contribution >= 0.6 is 11.3 Å². The first kappa shape index (κ1) is 16.5. The van der Waals surface area contributed by atoms with E-state index in [1.54, 1.807) is 4.88 Å². The Kier molecular flexibility index (Phi) is 4.91. The normalized spacial score (nSPS) is 22.9. The van der Waals surface area contributed by atoms with Crippen LogP contribution in [0.5, 0.6) is 0 Å². The first-order valence-corrected chi connectivity index (χ1v) is 10.4. The molecule has 1 saturated heterocycles. The number of thiophene rings is 1. The van der Waals surface area contributed by atoms with E-state index in [-0.39, 0.29) is 6.67 Å². The first-order valence-electron chi connectivity index (χ1n) is 9.59. The second kappa shape index (κ2) is 7.13. The van der Waals surface area contributed by atoms with E-state index in [4.69, 9.17) is 0 Å². The number of fused-ring (bicyclic) bond motifs is 1. The Hall–Kier alpha value is -0.930. The summed E-state index contributed by atoms with van der Waals surface area (Å²) in [5.74, 6) is 0.779. The molecule has 24 heavy (non-hydrogen) atoms. The fourth-order valence-corrected chi connectivity index (χ4v) is 6.48. The quantitative estimate of drug-likeness (QED) is 0.679. The van der Waals surface area contributed by atoms with E-state index in [9.17, 15) is 4.39 Å². The van der Waals surface area contributed by atoms with Crippen LogP contribution in [-0.4, -0.2) is 31.2 Å². The van der Waals surface area contributed by atoms with Gasteiger partial charge in [0.2, 0.25) is 0 Å². The summed E-state index contributed by atoms with van der Waals surface area (Å²) in [6.07, 6.45) is 9.34. The average Bonchev–Trinajstić information content (AvgIpc) is 3.08. The Morgan fingerprint density at radius 1 is 1.08 bits per heavy atom. The van der Waals surface area contributed by atoms with Crippen molar-refractivity contribution in [2.75, 3.05) is 26.3 Å². The van der Waals surface area contributed by atoms with Gasteiger partial charge < -0.3 is 4.90 Å². The molecular formula is C21H28FNS. The number of hydrogen-bond donors (Lipinski definition) is 0. The van der Waals surface area contributed by atoms with Gasteiger partial charge in [0.15, 0.2) is 0 Å². The number of hydrogen-bond acceptors (Lipinski definition) is 2. The van der Waals surface area contributed by atoms with Crippen molar-refractivity contribution in [1.29, 1.82) is 0 Å². The van der Waals surface area contributed by atoms with Gasteiger partial charge in [0.25, 0.3) is 0 Å². The van der Waals surface area contributed by atoms with Crippen molar-refractivity contribution in [2.24, 2.45) is 5.92 Å². The molecule has 0 bridgehead atoms. The number of rotatable bonds is 4. The maximum absolute atomic E-state index is 12.6. The molecule has 0 radical (unpaired) electrons. The Morgan fingerprint density at radius 2 is 1.83 bits per heavy atom. The fraction of sp³-hybridized carbons (Fsp3) is 0.619. The Balaban J connectivity index is 1.63. The molecule has 1 aromatic carbocycles. The molecule has 3 heteroatoms. The molecule has 2 fully saturated rings. The van der Waals surface area contributed by atoms with Crippen LogP contribution in [0, 0.1) is 5.92 Å². The third-order valence-corrected chi connectivity index (χ3v) is 7.77. The van der Waals surface area contributed by atoms with Crippen LogP contribution in [0.25, 0.3) is 10.1 Å². The van der Waals surface area contributed by atoms with Crippen molar-refractivity contribution in [3.8, 4) is 0 Å². The summed E-state index contributed by atoms with van der Waals surface area (Å²) in [6, 6.07) is 11.3. The molecule has 2 aromatic rings. The van der Waals surface area contributed by atoms with Crippen LogP contribution in [0.3, 0.4) is 0 Å². The van der Waals surface area contributed by atoms with Crippen molar-refractivity contribution in [3.63, 3.8) is 0 Å². The summed E-state index contributed by atoms with van der Waals surface area (Å²) < 4.78 is 14.1. The van der Waals surface area contributed by atoms with Gasteiger partial charge in [0, 0.05) is 21.5 Å². The van der Waals surface area contributed by atoms with Gasteiger partial charge in [0.1, 0.15) is 6.67 Å². The third kappa shape index (κ3) is 3.01. The van der Waals surface area contributed by atoms with Gasteiger partial charge in [0.05, 0.1) is 0 Å². The smallest absolute Gasteiger partial charge is 0.102 e. The van der Waals surface area contributed by atoms with Gasteiger partial charge in [-0.2, -0.15) is 0 Å². The Morgan fingerprint density at radius 3 is 2.54 bits per heavy atom. The predicted molar refractivity (Wildman–Crippen MR) is 102 cm³/mol. The summed E-state index contributed by atoms with van der Waals surface area (Å²) in [5.41, 5.74) is 0.393. The molecule has 1 nitrogen and oxygen atoms in total. The molecule has 0 unspecified atom stereocenters. The predicted octanol–water partition coefficient (Wildman–Crippen LogP) is 5.78. The van der Waals surface area contributed by atoms with Crippen molar-refractivity contribution in [1.82, 2.24) is 4.90 Å². The first-order chi connectivity index (χ1) is 11.8. The number of halogens is 1. The van der Waals surface area contributed by atoms with E-state index in [1.165, 1.54) is 55.0 Å². The van der Waals surface area contributed by atoms with Gasteiger partial charge in [-0.15, -0.1) is 11.3 Å². The number of benzene rings is 1. The minimum atomic E-state index is -0.202. The lowest BCUT2D eigenvalue weighted by Gasteiger charge is -2.46. The van der Waals surface area contributed by atoms with E-state index in [0.717, 1.165) is 19.0 Å². The standard InChI is InChI=1S/C21H28FNS/c22-12-15-23-13-8-18(9-14-23)21(10-4-1-5-11-21)20-16-17-6-2-3-7-19(17)24-20/h2-3,6-7,16,18H,1,4-5,8-15H2/i22-1. The molecule has 1 aliphatic carbocycles. The molecule has 4 rings (SSSR count). The Labute approximate surface area is 148 Å². The maximum Gasteiger partial charge on any atom is 0.102 e. The molecular weight excluding hydrogens is 316 g/mol. The number of piperidine rings is 1.